The highest BCUT2D eigenvalue weighted by Crippen LogP contribution is 2.17. The summed E-state index contributed by atoms with van der Waals surface area (Å²) in [5, 5.41) is 0.890. The van der Waals surface area contributed by atoms with Crippen LogP contribution in [0.1, 0.15) is 16.9 Å². The van der Waals surface area contributed by atoms with Crippen LogP contribution in [0.3, 0.4) is 0 Å². The topological polar surface area (TPSA) is 13.1 Å². The maximum atomic E-state index is 5.16. The minimum atomic E-state index is 0.890. The van der Waals surface area contributed by atoms with Crippen LogP contribution in [0.25, 0.3) is 0 Å². The number of hydrogen-bond acceptors (Lipinski definition) is 1. The van der Waals surface area contributed by atoms with Crippen molar-refractivity contribution in [1.29, 1.82) is 0 Å². The lowest BCUT2D eigenvalue weighted by Gasteiger charge is -1.89. The van der Waals surface area contributed by atoms with E-state index in [0.29, 0.717) is 0 Å². The fourth-order valence-electron chi connectivity index (χ4n) is 0.796. The van der Waals surface area contributed by atoms with Crippen LogP contribution in [0.5, 0.6) is 0 Å². The molecule has 1 nitrogen and oxygen atoms in total. The Balaban J connectivity index is 3.07. The average Bonchev–Trinajstić information content (AvgIpc) is 2.12. The summed E-state index contributed by atoms with van der Waals surface area (Å²) in [5.74, 6) is 1.02. The van der Waals surface area contributed by atoms with Crippen LogP contribution in [-0.2, 0) is 5.33 Å². The molecule has 50 valence electrons. The van der Waals surface area contributed by atoms with Gasteiger partial charge in [-0.2, -0.15) is 0 Å². The Morgan fingerprint density at radius 2 is 2.22 bits per heavy atom. The van der Waals surface area contributed by atoms with Gasteiger partial charge in [-0.1, -0.05) is 15.9 Å². The second kappa shape index (κ2) is 2.56. The molecule has 1 heterocycles. The fourth-order valence-corrected chi connectivity index (χ4v) is 1.63. The lowest BCUT2D eigenvalue weighted by atomic mass is 10.2. The van der Waals surface area contributed by atoms with E-state index in [1.165, 1.54) is 11.1 Å². The van der Waals surface area contributed by atoms with Crippen LogP contribution in [0.2, 0.25) is 0 Å². The van der Waals surface area contributed by atoms with Crippen LogP contribution < -0.4 is 0 Å². The minimum Gasteiger partial charge on any atom is -0.469 e. The molecule has 0 aromatic carbocycles. The Hall–Kier alpha value is -0.240. The Labute approximate surface area is 63.2 Å². The zero-order chi connectivity index (χ0) is 6.85. The first-order valence-corrected chi connectivity index (χ1v) is 3.97. The van der Waals surface area contributed by atoms with Gasteiger partial charge in [0.15, 0.2) is 0 Å². The van der Waals surface area contributed by atoms with Crippen molar-refractivity contribution < 1.29 is 4.42 Å². The van der Waals surface area contributed by atoms with E-state index in [-0.39, 0.29) is 0 Å². The SMILES string of the molecule is Cc1coc(C)c1CBr. The smallest absolute Gasteiger partial charge is 0.104 e. The van der Waals surface area contributed by atoms with E-state index in [9.17, 15) is 0 Å². The van der Waals surface area contributed by atoms with Gasteiger partial charge in [-0.3, -0.25) is 0 Å². The summed E-state index contributed by atoms with van der Waals surface area (Å²) in [6.07, 6.45) is 1.78. The van der Waals surface area contributed by atoms with Crippen molar-refractivity contribution in [2.45, 2.75) is 19.2 Å². The lowest BCUT2D eigenvalue weighted by Crippen LogP contribution is -1.78. The predicted octanol–water partition coefficient (Wildman–Crippen LogP) is 2.79. The molecule has 0 bridgehead atoms. The third-order valence-corrected chi connectivity index (χ3v) is 2.01. The van der Waals surface area contributed by atoms with Gasteiger partial charge < -0.3 is 4.42 Å². The molecule has 9 heavy (non-hydrogen) atoms. The zero-order valence-corrected chi connectivity index (χ0v) is 7.16. The van der Waals surface area contributed by atoms with E-state index >= 15 is 0 Å². The normalized spacial score (nSPS) is 10.1. The van der Waals surface area contributed by atoms with Crippen LogP contribution in [0.4, 0.5) is 0 Å². The number of aryl methyl sites for hydroxylation is 2. The first kappa shape index (κ1) is 6.87. The number of hydrogen-bond donors (Lipinski definition) is 0. The second-order valence-electron chi connectivity index (χ2n) is 2.09. The van der Waals surface area contributed by atoms with Gasteiger partial charge in [0.05, 0.1) is 6.26 Å². The van der Waals surface area contributed by atoms with E-state index in [4.69, 9.17) is 4.42 Å². The molecule has 0 unspecified atom stereocenters. The number of halogens is 1. The van der Waals surface area contributed by atoms with Crippen molar-refractivity contribution in [3.63, 3.8) is 0 Å². The van der Waals surface area contributed by atoms with Crippen molar-refractivity contribution in [1.82, 2.24) is 0 Å². The Bertz CT molecular complexity index is 183. The molecule has 0 aliphatic rings. The standard InChI is InChI=1S/C7H9BrO/c1-5-4-9-6(2)7(5)3-8/h4H,3H2,1-2H3. The monoisotopic (exact) mass is 188 g/mol. The van der Waals surface area contributed by atoms with Crippen molar-refractivity contribution in [3.8, 4) is 0 Å². The molecule has 0 saturated heterocycles. The van der Waals surface area contributed by atoms with Crippen LogP contribution >= 0.6 is 15.9 Å². The first-order valence-electron chi connectivity index (χ1n) is 2.85. The van der Waals surface area contributed by atoms with Gasteiger partial charge in [0, 0.05) is 10.9 Å². The van der Waals surface area contributed by atoms with E-state index < -0.39 is 0 Å². The summed E-state index contributed by atoms with van der Waals surface area (Å²) in [6.45, 7) is 4.02. The summed E-state index contributed by atoms with van der Waals surface area (Å²) in [5.41, 5.74) is 2.50. The molecule has 1 rings (SSSR count). The third-order valence-electron chi connectivity index (χ3n) is 1.45. The van der Waals surface area contributed by atoms with E-state index in [2.05, 4.69) is 15.9 Å². The van der Waals surface area contributed by atoms with E-state index in [0.717, 1.165) is 11.1 Å². The highest BCUT2D eigenvalue weighted by molar-refractivity contribution is 9.08. The molecule has 0 atom stereocenters. The molecule has 0 aliphatic carbocycles. The molecule has 0 aliphatic heterocycles. The summed E-state index contributed by atoms with van der Waals surface area (Å²) >= 11 is 3.38. The molecule has 0 N–H and O–H groups in total. The Kier molecular flexibility index (Phi) is 1.96. The Morgan fingerprint density at radius 3 is 2.44 bits per heavy atom. The minimum absolute atomic E-state index is 0.890. The quantitative estimate of drug-likeness (QED) is 0.619. The fraction of sp³-hybridized carbons (Fsp3) is 0.429. The number of rotatable bonds is 1. The summed E-state index contributed by atoms with van der Waals surface area (Å²) < 4.78 is 5.16. The number of furan rings is 1. The molecule has 0 radical (unpaired) electrons. The van der Waals surface area contributed by atoms with Crippen molar-refractivity contribution in [2.24, 2.45) is 0 Å². The maximum absolute atomic E-state index is 5.16. The van der Waals surface area contributed by atoms with Gasteiger partial charge in [-0.25, -0.2) is 0 Å². The van der Waals surface area contributed by atoms with Gasteiger partial charge in [0.25, 0.3) is 0 Å². The van der Waals surface area contributed by atoms with Gasteiger partial charge in [0.1, 0.15) is 5.76 Å². The average molecular weight is 189 g/mol. The van der Waals surface area contributed by atoms with E-state index in [1.807, 2.05) is 13.8 Å². The third kappa shape index (κ3) is 1.18. The second-order valence-corrected chi connectivity index (χ2v) is 2.65. The van der Waals surface area contributed by atoms with Gasteiger partial charge in [0.2, 0.25) is 0 Å². The summed E-state index contributed by atoms with van der Waals surface area (Å²) in [4.78, 5) is 0. The highest BCUT2D eigenvalue weighted by atomic mass is 79.9. The van der Waals surface area contributed by atoms with Crippen LogP contribution in [-0.4, -0.2) is 0 Å². The van der Waals surface area contributed by atoms with Crippen molar-refractivity contribution >= 4 is 15.9 Å². The lowest BCUT2D eigenvalue weighted by molar-refractivity contribution is 0.530. The molecule has 0 fully saturated rings. The largest absolute Gasteiger partial charge is 0.469 e. The van der Waals surface area contributed by atoms with Gasteiger partial charge in [-0.05, 0) is 19.4 Å². The van der Waals surface area contributed by atoms with Crippen LogP contribution in [0, 0.1) is 13.8 Å². The Morgan fingerprint density at radius 1 is 1.56 bits per heavy atom. The zero-order valence-electron chi connectivity index (χ0n) is 5.57. The van der Waals surface area contributed by atoms with E-state index in [1.54, 1.807) is 6.26 Å². The molecule has 1 aromatic rings. The predicted molar refractivity (Wildman–Crippen MR) is 40.8 cm³/mol. The van der Waals surface area contributed by atoms with Gasteiger partial charge >= 0.3 is 0 Å². The molecule has 0 amide bonds. The number of alkyl halides is 1. The molecule has 0 saturated carbocycles. The summed E-state index contributed by atoms with van der Waals surface area (Å²) in [6, 6.07) is 0. The maximum Gasteiger partial charge on any atom is 0.104 e. The highest BCUT2D eigenvalue weighted by Gasteiger charge is 2.02. The molecular formula is C7H9BrO. The van der Waals surface area contributed by atoms with Crippen molar-refractivity contribution in [2.75, 3.05) is 0 Å². The molecular weight excluding hydrogens is 180 g/mol. The molecule has 1 aromatic heterocycles. The van der Waals surface area contributed by atoms with Crippen molar-refractivity contribution in [3.05, 3.63) is 23.2 Å². The first-order chi connectivity index (χ1) is 4.25. The van der Waals surface area contributed by atoms with Gasteiger partial charge in [-0.15, -0.1) is 0 Å². The summed E-state index contributed by atoms with van der Waals surface area (Å²) in [7, 11) is 0. The molecule has 0 spiro atoms. The molecule has 2 heteroatoms. The van der Waals surface area contributed by atoms with Crippen LogP contribution in [0.15, 0.2) is 10.7 Å².